The zero-order valence-electron chi connectivity index (χ0n) is 34.0. The van der Waals surface area contributed by atoms with Crippen LogP contribution in [-0.2, 0) is 13.3 Å². The summed E-state index contributed by atoms with van der Waals surface area (Å²) in [4.78, 5) is 2.67. The molecule has 2 saturated heterocycles. The highest BCUT2D eigenvalue weighted by Gasteiger charge is 2.61. The maximum atomic E-state index is 7.54. The Hall–Kier alpha value is 0.154. The van der Waals surface area contributed by atoms with Crippen LogP contribution < -0.4 is 16.0 Å². The van der Waals surface area contributed by atoms with Crippen LogP contribution in [0.15, 0.2) is 0 Å². The molecule has 0 aliphatic carbocycles. The fourth-order valence-electron chi connectivity index (χ4n) is 8.61. The van der Waals surface area contributed by atoms with Crippen molar-refractivity contribution in [1.82, 2.24) is 20.9 Å². The molecular formula is C38H82N4O3Si2. The summed E-state index contributed by atoms with van der Waals surface area (Å²) in [5.41, 5.74) is -0.673. The summed E-state index contributed by atoms with van der Waals surface area (Å²) in [6.07, 6.45) is 4.61. The Morgan fingerprint density at radius 1 is 0.872 bits per heavy atom. The van der Waals surface area contributed by atoms with E-state index in [2.05, 4.69) is 123 Å². The summed E-state index contributed by atoms with van der Waals surface area (Å²) in [5, 5.41) is 10.8. The Labute approximate surface area is 295 Å². The van der Waals surface area contributed by atoms with Gasteiger partial charge >= 0.3 is 8.56 Å². The molecule has 0 aromatic heterocycles. The smallest absolute Gasteiger partial charge is 0.335 e. The first-order valence-electron chi connectivity index (χ1n) is 19.7. The van der Waals surface area contributed by atoms with Crippen LogP contribution >= 0.6 is 0 Å². The minimum atomic E-state index is -2.52. The van der Waals surface area contributed by atoms with Crippen LogP contribution in [0.25, 0.3) is 0 Å². The van der Waals surface area contributed by atoms with Gasteiger partial charge in [0.05, 0.1) is 16.8 Å². The fraction of sp³-hybridized carbons (Fsp3) is 1.00. The predicted octanol–water partition coefficient (Wildman–Crippen LogP) is 7.73. The fourth-order valence-corrected chi connectivity index (χ4v) is 14.0. The van der Waals surface area contributed by atoms with E-state index < -0.39 is 16.9 Å². The van der Waals surface area contributed by atoms with Crippen molar-refractivity contribution in [1.29, 1.82) is 0 Å². The monoisotopic (exact) mass is 699 g/mol. The average Bonchev–Trinajstić information content (AvgIpc) is 2.98. The van der Waals surface area contributed by atoms with Gasteiger partial charge in [0.15, 0.2) is 8.32 Å². The predicted molar refractivity (Wildman–Crippen MR) is 208 cm³/mol. The van der Waals surface area contributed by atoms with Gasteiger partial charge in [-0.2, -0.15) is 0 Å². The van der Waals surface area contributed by atoms with Gasteiger partial charge in [0.2, 0.25) is 0 Å². The van der Waals surface area contributed by atoms with Crippen LogP contribution in [0, 0.1) is 35.5 Å². The molecule has 0 radical (unpaired) electrons. The van der Waals surface area contributed by atoms with Crippen molar-refractivity contribution in [3.05, 3.63) is 0 Å². The lowest BCUT2D eigenvalue weighted by Crippen LogP contribution is -2.69. The summed E-state index contributed by atoms with van der Waals surface area (Å²) in [7, 11) is -4.26. The molecule has 2 fully saturated rings. The van der Waals surface area contributed by atoms with Gasteiger partial charge in [-0.15, -0.1) is 0 Å². The van der Waals surface area contributed by atoms with Gasteiger partial charge in [-0.3, -0.25) is 0 Å². The summed E-state index contributed by atoms with van der Waals surface area (Å²) < 4.78 is 21.9. The quantitative estimate of drug-likeness (QED) is 0.170. The molecule has 2 aliphatic rings. The van der Waals surface area contributed by atoms with E-state index >= 15 is 0 Å². The highest BCUT2D eigenvalue weighted by atomic mass is 28.4. The van der Waals surface area contributed by atoms with Crippen LogP contribution in [0.1, 0.15) is 102 Å². The molecule has 9 unspecified atom stereocenters. The molecule has 9 atom stereocenters. The molecule has 47 heavy (non-hydrogen) atoms. The number of nitrogens with one attached hydrogen (secondary N) is 3. The first-order valence-corrected chi connectivity index (χ1v) is 25.6. The second kappa shape index (κ2) is 18.6. The Morgan fingerprint density at radius 3 is 1.98 bits per heavy atom. The molecule has 2 heterocycles. The number of rotatable bonds is 13. The van der Waals surface area contributed by atoms with Crippen LogP contribution in [0.5, 0.6) is 0 Å². The van der Waals surface area contributed by atoms with E-state index in [0.29, 0.717) is 29.6 Å². The Balaban J connectivity index is 2.28. The van der Waals surface area contributed by atoms with Gasteiger partial charge in [-0.1, -0.05) is 61.8 Å². The third-order valence-electron chi connectivity index (χ3n) is 13.0. The normalized spacial score (nSPS) is 33.8. The Kier molecular flexibility index (Phi) is 17.1. The lowest BCUT2D eigenvalue weighted by molar-refractivity contribution is -0.203. The van der Waals surface area contributed by atoms with Crippen LogP contribution in [0.2, 0.25) is 32.2 Å². The third-order valence-corrected chi connectivity index (χ3v) is 17.0. The number of nitrogens with zero attached hydrogens (tertiary/aromatic N) is 1. The molecule has 0 aromatic carbocycles. The standard InChI is InChI=1S/C38H82N4O3Si2/c1-16-31(4)37(10)35(8)38(11,34(7)32(5)33(6)36(9,30(2)3)43-46(12,13)14)45-47(15,44-37)29-19-27-42-26-18-22-40-24-23-39-20-17-21-41-25-28-42/h30-35,39-41H,16-29H2,1-15H3. The maximum Gasteiger partial charge on any atom is 0.335 e. The van der Waals surface area contributed by atoms with E-state index in [1.165, 1.54) is 12.8 Å². The van der Waals surface area contributed by atoms with Crippen LogP contribution in [0.3, 0.4) is 0 Å². The van der Waals surface area contributed by atoms with Gasteiger partial charge in [-0.25, -0.2) is 0 Å². The Morgan fingerprint density at radius 2 is 1.43 bits per heavy atom. The molecule has 0 saturated carbocycles. The van der Waals surface area contributed by atoms with Crippen LogP contribution in [-0.4, -0.2) is 97.5 Å². The van der Waals surface area contributed by atoms with Crippen molar-refractivity contribution >= 4 is 16.9 Å². The third kappa shape index (κ3) is 11.8. The van der Waals surface area contributed by atoms with Crippen molar-refractivity contribution in [2.24, 2.45) is 35.5 Å². The SMILES string of the molecule is CCC(C)C1(C)O[Si](C)(CCCN2CCCNCCNCCCNCC2)OC(C)(C(C)C(C)C(C)C(C)(O[Si](C)(C)C)C(C)C)C1C. The molecule has 0 spiro atoms. The summed E-state index contributed by atoms with van der Waals surface area (Å²) >= 11 is 0. The van der Waals surface area contributed by atoms with Crippen molar-refractivity contribution in [3.8, 4) is 0 Å². The molecule has 0 aromatic rings. The number of hydrogen-bond acceptors (Lipinski definition) is 7. The molecule has 0 amide bonds. The molecule has 2 rings (SSSR count). The highest BCUT2D eigenvalue weighted by molar-refractivity contribution is 6.69. The van der Waals surface area contributed by atoms with Crippen molar-refractivity contribution < 1.29 is 13.3 Å². The second-order valence-electron chi connectivity index (χ2n) is 17.6. The molecular weight excluding hydrogens is 617 g/mol. The van der Waals surface area contributed by atoms with Gasteiger partial charge in [0.1, 0.15) is 0 Å². The molecule has 0 bridgehead atoms. The average molecular weight is 699 g/mol. The second-order valence-corrected chi connectivity index (χ2v) is 25.2. The van der Waals surface area contributed by atoms with Gasteiger partial charge in [0, 0.05) is 32.1 Å². The van der Waals surface area contributed by atoms with Crippen molar-refractivity contribution in [3.63, 3.8) is 0 Å². The molecule has 280 valence electrons. The van der Waals surface area contributed by atoms with Gasteiger partial charge < -0.3 is 34.1 Å². The Bertz CT molecular complexity index is 895. The topological polar surface area (TPSA) is 67.0 Å². The van der Waals surface area contributed by atoms with Gasteiger partial charge in [0.25, 0.3) is 0 Å². The minimum absolute atomic E-state index is 0.175. The van der Waals surface area contributed by atoms with E-state index in [-0.39, 0.29) is 22.7 Å². The number of hydrogen-bond donors (Lipinski definition) is 3. The van der Waals surface area contributed by atoms with Crippen molar-refractivity contribution in [2.75, 3.05) is 58.9 Å². The van der Waals surface area contributed by atoms with E-state index in [1.807, 2.05) is 0 Å². The zero-order valence-corrected chi connectivity index (χ0v) is 36.0. The molecule has 7 nitrogen and oxygen atoms in total. The molecule has 2 aliphatic heterocycles. The summed E-state index contributed by atoms with van der Waals surface area (Å²) in [5.74, 6) is 2.34. The van der Waals surface area contributed by atoms with E-state index in [0.717, 1.165) is 77.8 Å². The lowest BCUT2D eigenvalue weighted by Gasteiger charge is -2.62. The van der Waals surface area contributed by atoms with E-state index in [9.17, 15) is 0 Å². The van der Waals surface area contributed by atoms with Gasteiger partial charge in [-0.05, 0) is 135 Å². The maximum absolute atomic E-state index is 7.54. The highest BCUT2D eigenvalue weighted by Crippen LogP contribution is 2.54. The molecule has 3 N–H and O–H groups in total. The van der Waals surface area contributed by atoms with Crippen LogP contribution in [0.4, 0.5) is 0 Å². The first-order chi connectivity index (χ1) is 21.8. The summed E-state index contributed by atoms with van der Waals surface area (Å²) in [6.45, 7) is 45.6. The van der Waals surface area contributed by atoms with Crippen molar-refractivity contribution in [2.45, 2.75) is 151 Å². The van der Waals surface area contributed by atoms with E-state index in [1.54, 1.807) is 0 Å². The zero-order chi connectivity index (χ0) is 35.7. The first kappa shape index (κ1) is 43.3. The minimum Gasteiger partial charge on any atom is -0.412 e. The lowest BCUT2D eigenvalue weighted by atomic mass is 9.61. The largest absolute Gasteiger partial charge is 0.412 e. The van der Waals surface area contributed by atoms with E-state index in [4.69, 9.17) is 13.3 Å². The summed E-state index contributed by atoms with van der Waals surface area (Å²) in [6, 6.07) is 1.04. The molecule has 9 heteroatoms.